The van der Waals surface area contributed by atoms with Crippen molar-refractivity contribution in [3.05, 3.63) is 21.9 Å². The fourth-order valence-electron chi connectivity index (χ4n) is 1.96. The van der Waals surface area contributed by atoms with E-state index in [4.69, 9.17) is 0 Å². The lowest BCUT2D eigenvalue weighted by atomic mass is 10.2. The molecule has 2 rings (SSSR count). The molecule has 3 nitrogen and oxygen atoms in total. The maximum absolute atomic E-state index is 12.2. The van der Waals surface area contributed by atoms with Gasteiger partial charge < -0.3 is 4.90 Å². The number of aryl methyl sites for hydroxylation is 1. The standard InChI is InChI=1S/C12H17NO2S2/c1-9-4-5-10(16-9)11(14)13-6-7-17(15)12(2,3)8-13/h4-5H,6-8H2,1-3H3. The number of hydrogen-bond donors (Lipinski definition) is 0. The summed E-state index contributed by atoms with van der Waals surface area (Å²) in [6.45, 7) is 7.10. The van der Waals surface area contributed by atoms with Crippen LogP contribution in [0.5, 0.6) is 0 Å². The van der Waals surface area contributed by atoms with Gasteiger partial charge in [-0.15, -0.1) is 11.3 Å². The van der Waals surface area contributed by atoms with Crippen LogP contribution in [0, 0.1) is 6.92 Å². The van der Waals surface area contributed by atoms with Crippen LogP contribution in [-0.2, 0) is 10.8 Å². The Balaban J connectivity index is 2.14. The third-order valence-electron chi connectivity index (χ3n) is 2.97. The molecule has 1 aliphatic heterocycles. The summed E-state index contributed by atoms with van der Waals surface area (Å²) in [5.74, 6) is 0.663. The maximum Gasteiger partial charge on any atom is 0.264 e. The van der Waals surface area contributed by atoms with Gasteiger partial charge in [0.15, 0.2) is 0 Å². The summed E-state index contributed by atoms with van der Waals surface area (Å²) in [7, 11) is -0.829. The summed E-state index contributed by atoms with van der Waals surface area (Å²) in [5.41, 5.74) is 0. The highest BCUT2D eigenvalue weighted by atomic mass is 32.2. The number of carbonyl (C=O) groups is 1. The Kier molecular flexibility index (Phi) is 3.41. The lowest BCUT2D eigenvalue weighted by Gasteiger charge is -2.37. The first-order chi connectivity index (χ1) is 7.90. The molecule has 1 fully saturated rings. The van der Waals surface area contributed by atoms with Crippen LogP contribution >= 0.6 is 11.3 Å². The zero-order chi connectivity index (χ0) is 12.6. The SMILES string of the molecule is Cc1ccc(C(=O)N2CCS(=O)C(C)(C)C2)s1. The minimum absolute atomic E-state index is 0.0767. The molecule has 1 saturated heterocycles. The fourth-order valence-corrected chi connectivity index (χ4v) is 4.03. The average molecular weight is 271 g/mol. The van der Waals surface area contributed by atoms with Crippen LogP contribution in [0.4, 0.5) is 0 Å². The van der Waals surface area contributed by atoms with Crippen LogP contribution in [0.3, 0.4) is 0 Å². The van der Waals surface area contributed by atoms with E-state index in [1.807, 2.05) is 37.8 Å². The summed E-state index contributed by atoms with van der Waals surface area (Å²) in [6.07, 6.45) is 0. The van der Waals surface area contributed by atoms with E-state index in [2.05, 4.69) is 0 Å². The van der Waals surface area contributed by atoms with Crippen molar-refractivity contribution in [1.82, 2.24) is 4.90 Å². The smallest absolute Gasteiger partial charge is 0.264 e. The molecule has 1 aromatic rings. The van der Waals surface area contributed by atoms with E-state index in [0.717, 1.165) is 9.75 Å². The average Bonchev–Trinajstić information content (AvgIpc) is 2.68. The van der Waals surface area contributed by atoms with Crippen LogP contribution in [0.25, 0.3) is 0 Å². The van der Waals surface area contributed by atoms with Crippen molar-refractivity contribution < 1.29 is 9.00 Å². The summed E-state index contributed by atoms with van der Waals surface area (Å²) >= 11 is 1.52. The van der Waals surface area contributed by atoms with Gasteiger partial charge in [0.1, 0.15) is 0 Å². The van der Waals surface area contributed by atoms with Crippen LogP contribution < -0.4 is 0 Å². The predicted octanol–water partition coefficient (Wildman–Crippen LogP) is 2.04. The molecule has 0 aromatic carbocycles. The lowest BCUT2D eigenvalue weighted by molar-refractivity contribution is 0.0750. The van der Waals surface area contributed by atoms with E-state index < -0.39 is 10.8 Å². The Bertz CT molecular complexity index is 465. The van der Waals surface area contributed by atoms with Gasteiger partial charge in [0.05, 0.1) is 9.62 Å². The molecule has 1 unspecified atom stereocenters. The van der Waals surface area contributed by atoms with E-state index >= 15 is 0 Å². The molecule has 0 spiro atoms. The Hall–Kier alpha value is -0.680. The number of nitrogens with zero attached hydrogens (tertiary/aromatic N) is 1. The monoisotopic (exact) mass is 271 g/mol. The van der Waals surface area contributed by atoms with Gasteiger partial charge in [0.25, 0.3) is 5.91 Å². The first-order valence-electron chi connectivity index (χ1n) is 5.64. The van der Waals surface area contributed by atoms with Gasteiger partial charge in [-0.2, -0.15) is 0 Å². The van der Waals surface area contributed by atoms with Gasteiger partial charge in [0.2, 0.25) is 0 Å². The summed E-state index contributed by atoms with van der Waals surface area (Å²) in [6, 6.07) is 3.84. The molecule has 0 N–H and O–H groups in total. The molecule has 1 aliphatic rings. The largest absolute Gasteiger partial charge is 0.336 e. The van der Waals surface area contributed by atoms with Gasteiger partial charge in [-0.3, -0.25) is 9.00 Å². The van der Waals surface area contributed by atoms with Gasteiger partial charge in [0, 0.05) is 34.5 Å². The van der Waals surface area contributed by atoms with Crippen molar-refractivity contribution in [3.63, 3.8) is 0 Å². The highest BCUT2D eigenvalue weighted by molar-refractivity contribution is 7.86. The van der Waals surface area contributed by atoms with Crippen LogP contribution in [0.2, 0.25) is 0 Å². The Morgan fingerprint density at radius 3 is 2.71 bits per heavy atom. The first-order valence-corrected chi connectivity index (χ1v) is 7.78. The second-order valence-corrected chi connectivity index (χ2v) is 8.44. The summed E-state index contributed by atoms with van der Waals surface area (Å²) in [4.78, 5) is 16.0. The second-order valence-electron chi connectivity index (χ2n) is 4.95. The Morgan fingerprint density at radius 2 is 2.18 bits per heavy atom. The van der Waals surface area contributed by atoms with Crippen molar-refractivity contribution in [2.75, 3.05) is 18.8 Å². The molecule has 0 aliphatic carbocycles. The second kappa shape index (κ2) is 4.53. The van der Waals surface area contributed by atoms with Crippen molar-refractivity contribution in [1.29, 1.82) is 0 Å². The first kappa shape index (κ1) is 12.8. The van der Waals surface area contributed by atoms with Crippen molar-refractivity contribution in [2.24, 2.45) is 0 Å². The van der Waals surface area contributed by atoms with Crippen LogP contribution in [0.1, 0.15) is 28.4 Å². The molecule has 1 amide bonds. The zero-order valence-electron chi connectivity index (χ0n) is 10.4. The van der Waals surface area contributed by atoms with Crippen LogP contribution in [-0.4, -0.2) is 38.6 Å². The molecule has 1 aromatic heterocycles. The summed E-state index contributed by atoms with van der Waals surface area (Å²) in [5, 5.41) is 0. The van der Waals surface area contributed by atoms with E-state index in [0.29, 0.717) is 18.8 Å². The molecular formula is C12H17NO2S2. The van der Waals surface area contributed by atoms with Gasteiger partial charge >= 0.3 is 0 Å². The number of hydrogen-bond acceptors (Lipinski definition) is 3. The van der Waals surface area contributed by atoms with E-state index in [1.165, 1.54) is 11.3 Å². The van der Waals surface area contributed by atoms with Crippen molar-refractivity contribution in [3.8, 4) is 0 Å². The zero-order valence-corrected chi connectivity index (χ0v) is 12.0. The third-order valence-corrected chi connectivity index (χ3v) is 5.88. The normalized spacial score (nSPS) is 23.7. The Labute approximate surface area is 108 Å². The van der Waals surface area contributed by atoms with Gasteiger partial charge in [-0.05, 0) is 32.9 Å². The highest BCUT2D eigenvalue weighted by Gasteiger charge is 2.35. The molecule has 94 valence electrons. The Morgan fingerprint density at radius 1 is 1.47 bits per heavy atom. The molecule has 17 heavy (non-hydrogen) atoms. The number of thiophene rings is 1. The molecule has 0 saturated carbocycles. The predicted molar refractivity (Wildman–Crippen MR) is 72.0 cm³/mol. The van der Waals surface area contributed by atoms with E-state index in [-0.39, 0.29) is 10.7 Å². The van der Waals surface area contributed by atoms with Gasteiger partial charge in [-0.1, -0.05) is 0 Å². The summed E-state index contributed by atoms with van der Waals surface area (Å²) < 4.78 is 11.5. The maximum atomic E-state index is 12.2. The minimum Gasteiger partial charge on any atom is -0.336 e. The molecule has 5 heteroatoms. The molecule has 1 atom stereocenters. The molecule has 2 heterocycles. The van der Waals surface area contributed by atoms with Crippen molar-refractivity contribution >= 4 is 28.0 Å². The topological polar surface area (TPSA) is 37.4 Å². The quantitative estimate of drug-likeness (QED) is 0.784. The molecule has 0 bridgehead atoms. The van der Waals surface area contributed by atoms with E-state index in [1.54, 1.807) is 0 Å². The fraction of sp³-hybridized carbons (Fsp3) is 0.583. The number of rotatable bonds is 1. The lowest BCUT2D eigenvalue weighted by Crippen LogP contribution is -2.51. The van der Waals surface area contributed by atoms with E-state index in [9.17, 15) is 9.00 Å². The van der Waals surface area contributed by atoms with Crippen molar-refractivity contribution in [2.45, 2.75) is 25.5 Å². The number of carbonyl (C=O) groups excluding carboxylic acids is 1. The van der Waals surface area contributed by atoms with Crippen LogP contribution in [0.15, 0.2) is 12.1 Å². The van der Waals surface area contributed by atoms with Gasteiger partial charge in [-0.25, -0.2) is 0 Å². The highest BCUT2D eigenvalue weighted by Crippen LogP contribution is 2.24. The third kappa shape index (κ3) is 2.60. The number of amides is 1. The molecular weight excluding hydrogens is 254 g/mol. The molecule has 0 radical (unpaired) electrons. The minimum atomic E-state index is -0.829.